The molecule has 170 valence electrons. The van der Waals surface area contributed by atoms with Gasteiger partial charge in [-0.3, -0.25) is 14.7 Å². The number of aromatic nitrogens is 1. The Morgan fingerprint density at radius 3 is 2.59 bits per heavy atom. The maximum Gasteiger partial charge on any atom is 0.322 e. The minimum atomic E-state index is -0.580. The fourth-order valence-corrected chi connectivity index (χ4v) is 4.32. The van der Waals surface area contributed by atoms with Gasteiger partial charge in [0.2, 0.25) is 0 Å². The Bertz CT molecular complexity index is 1260. The fourth-order valence-electron chi connectivity index (χ4n) is 4.32. The summed E-state index contributed by atoms with van der Waals surface area (Å²) in [7, 11) is 0. The van der Waals surface area contributed by atoms with Crippen LogP contribution in [0.2, 0.25) is 0 Å². The van der Waals surface area contributed by atoms with Crippen LogP contribution < -0.4 is 10.1 Å². The van der Waals surface area contributed by atoms with Crippen molar-refractivity contribution >= 4 is 11.9 Å². The largest absolute Gasteiger partial charge is 0.457 e. The minimum Gasteiger partial charge on any atom is -0.457 e. The zero-order chi connectivity index (χ0) is 23.5. The summed E-state index contributed by atoms with van der Waals surface area (Å²) in [5.41, 5.74) is 2.83. The Morgan fingerprint density at radius 2 is 1.82 bits per heavy atom. The topological polar surface area (TPSA) is 74.8 Å². The molecule has 0 fully saturated rings. The van der Waals surface area contributed by atoms with Crippen molar-refractivity contribution in [3.63, 3.8) is 0 Å². The van der Waals surface area contributed by atoms with Crippen molar-refractivity contribution in [3.05, 3.63) is 114 Å². The second-order valence-electron chi connectivity index (χ2n) is 8.11. The highest BCUT2D eigenvalue weighted by Gasteiger charge is 2.43. The SMILES string of the molecule is C=CCN1C(=O)NC(c2cccc(Oc3ccccc3)c2)C2=C1CN(Cc1ccccn1)C2=O. The number of amides is 3. The highest BCUT2D eigenvalue weighted by Crippen LogP contribution is 2.38. The first-order valence-electron chi connectivity index (χ1n) is 11.1. The molecule has 3 aromatic rings. The Hall–Kier alpha value is -4.39. The zero-order valence-electron chi connectivity index (χ0n) is 18.6. The van der Waals surface area contributed by atoms with Gasteiger partial charge in [0, 0.05) is 12.7 Å². The summed E-state index contributed by atoms with van der Waals surface area (Å²) < 4.78 is 5.98. The van der Waals surface area contributed by atoms with Crippen LogP contribution in [-0.2, 0) is 11.3 Å². The molecule has 7 heteroatoms. The molecule has 2 aliphatic heterocycles. The number of carbonyl (C=O) groups excluding carboxylic acids is 2. The van der Waals surface area contributed by atoms with Gasteiger partial charge in [0.15, 0.2) is 0 Å². The highest BCUT2D eigenvalue weighted by atomic mass is 16.5. The van der Waals surface area contributed by atoms with Gasteiger partial charge >= 0.3 is 6.03 Å². The Labute approximate surface area is 198 Å². The normalized spacial score (nSPS) is 17.5. The van der Waals surface area contributed by atoms with E-state index in [1.807, 2.05) is 72.8 Å². The summed E-state index contributed by atoms with van der Waals surface area (Å²) >= 11 is 0. The number of carbonyl (C=O) groups is 2. The van der Waals surface area contributed by atoms with Gasteiger partial charge in [-0.25, -0.2) is 4.79 Å². The maximum atomic E-state index is 13.6. The molecular weight excluding hydrogens is 428 g/mol. The molecule has 2 aliphatic rings. The van der Waals surface area contributed by atoms with Crippen LogP contribution in [-0.4, -0.2) is 39.8 Å². The molecule has 0 aliphatic carbocycles. The second-order valence-corrected chi connectivity index (χ2v) is 8.11. The molecule has 3 heterocycles. The fraction of sp³-hybridized carbons (Fsp3) is 0.148. The number of pyridine rings is 1. The molecule has 1 N–H and O–H groups in total. The van der Waals surface area contributed by atoms with E-state index in [0.717, 1.165) is 11.3 Å². The number of nitrogens with zero attached hydrogens (tertiary/aromatic N) is 3. The van der Waals surface area contributed by atoms with E-state index in [1.54, 1.807) is 22.1 Å². The van der Waals surface area contributed by atoms with Crippen molar-refractivity contribution in [2.24, 2.45) is 0 Å². The molecule has 34 heavy (non-hydrogen) atoms. The number of urea groups is 1. The van der Waals surface area contributed by atoms with Crippen LogP contribution in [0.5, 0.6) is 11.5 Å². The third kappa shape index (κ3) is 4.15. The van der Waals surface area contributed by atoms with E-state index < -0.39 is 6.04 Å². The Kier molecular flexibility index (Phi) is 5.82. The van der Waals surface area contributed by atoms with Crippen molar-refractivity contribution in [1.29, 1.82) is 0 Å². The lowest BCUT2D eigenvalue weighted by molar-refractivity contribution is -0.126. The molecule has 1 atom stereocenters. The number of para-hydroxylation sites is 1. The molecule has 2 aromatic carbocycles. The summed E-state index contributed by atoms with van der Waals surface area (Å²) in [5.74, 6) is 1.22. The molecule has 0 radical (unpaired) electrons. The van der Waals surface area contributed by atoms with Gasteiger partial charge in [-0.05, 0) is 42.0 Å². The van der Waals surface area contributed by atoms with E-state index in [4.69, 9.17) is 4.74 Å². The van der Waals surface area contributed by atoms with E-state index in [9.17, 15) is 9.59 Å². The predicted molar refractivity (Wildman–Crippen MR) is 128 cm³/mol. The van der Waals surface area contributed by atoms with E-state index in [2.05, 4.69) is 16.9 Å². The number of nitrogens with one attached hydrogen (secondary N) is 1. The van der Waals surface area contributed by atoms with E-state index in [-0.39, 0.29) is 11.9 Å². The average Bonchev–Trinajstić information content (AvgIpc) is 3.18. The highest BCUT2D eigenvalue weighted by molar-refractivity contribution is 6.01. The quantitative estimate of drug-likeness (QED) is 0.539. The summed E-state index contributed by atoms with van der Waals surface area (Å²) in [4.78, 5) is 34.2. The van der Waals surface area contributed by atoms with E-state index >= 15 is 0 Å². The molecule has 5 rings (SSSR count). The molecule has 0 bridgehead atoms. The lowest BCUT2D eigenvalue weighted by atomic mass is 9.95. The van der Waals surface area contributed by atoms with Crippen LogP contribution in [0.4, 0.5) is 4.79 Å². The van der Waals surface area contributed by atoms with Crippen molar-refractivity contribution in [3.8, 4) is 11.5 Å². The number of benzene rings is 2. The van der Waals surface area contributed by atoms with Gasteiger partial charge in [-0.15, -0.1) is 6.58 Å². The first-order chi connectivity index (χ1) is 16.6. The summed E-state index contributed by atoms with van der Waals surface area (Å²) in [5, 5.41) is 3.01. The van der Waals surface area contributed by atoms with Crippen molar-refractivity contribution in [2.75, 3.05) is 13.1 Å². The molecule has 0 saturated heterocycles. The van der Waals surface area contributed by atoms with Gasteiger partial charge in [0.05, 0.1) is 36.1 Å². The third-order valence-corrected chi connectivity index (χ3v) is 5.86. The summed E-state index contributed by atoms with van der Waals surface area (Å²) in [6, 6.07) is 21.7. The molecule has 1 unspecified atom stereocenters. The van der Waals surface area contributed by atoms with Crippen LogP contribution in [0.25, 0.3) is 0 Å². The van der Waals surface area contributed by atoms with Gasteiger partial charge in [-0.1, -0.05) is 42.5 Å². The summed E-state index contributed by atoms with van der Waals surface area (Å²) in [6.45, 7) is 4.79. The number of hydrogen-bond acceptors (Lipinski definition) is 4. The number of rotatable bonds is 7. The van der Waals surface area contributed by atoms with Crippen LogP contribution in [0, 0.1) is 0 Å². The smallest absolute Gasteiger partial charge is 0.322 e. The maximum absolute atomic E-state index is 13.6. The average molecular weight is 453 g/mol. The number of hydrogen-bond donors (Lipinski definition) is 1. The molecule has 1 aromatic heterocycles. The minimum absolute atomic E-state index is 0.117. The van der Waals surface area contributed by atoms with E-state index in [0.29, 0.717) is 42.4 Å². The standard InChI is InChI=1S/C27H24N4O3/c1-2-15-31-23-18-30(17-20-10-6-7-14-28-20)26(32)24(23)25(29-27(31)33)19-9-8-13-22(16-19)34-21-11-4-3-5-12-21/h2-14,16,25H,1,15,17-18H2,(H,29,33). The first-order valence-corrected chi connectivity index (χ1v) is 11.1. The first kappa shape index (κ1) is 21.5. The molecule has 0 spiro atoms. The van der Waals surface area contributed by atoms with Crippen LogP contribution in [0.1, 0.15) is 17.3 Å². The third-order valence-electron chi connectivity index (χ3n) is 5.86. The molecular formula is C27H24N4O3. The van der Waals surface area contributed by atoms with Crippen LogP contribution >= 0.6 is 0 Å². The molecule has 7 nitrogen and oxygen atoms in total. The molecule has 3 amide bonds. The van der Waals surface area contributed by atoms with Crippen molar-refractivity contribution < 1.29 is 14.3 Å². The van der Waals surface area contributed by atoms with Crippen molar-refractivity contribution in [2.45, 2.75) is 12.6 Å². The van der Waals surface area contributed by atoms with Crippen molar-refractivity contribution in [1.82, 2.24) is 20.1 Å². The van der Waals surface area contributed by atoms with Gasteiger partial charge < -0.3 is 15.0 Å². The van der Waals surface area contributed by atoms with Gasteiger partial charge in [-0.2, -0.15) is 0 Å². The summed E-state index contributed by atoms with van der Waals surface area (Å²) in [6.07, 6.45) is 3.37. The Morgan fingerprint density at radius 1 is 1.03 bits per heavy atom. The second kappa shape index (κ2) is 9.23. The monoisotopic (exact) mass is 452 g/mol. The predicted octanol–water partition coefficient (Wildman–Crippen LogP) is 4.42. The lowest BCUT2D eigenvalue weighted by Crippen LogP contribution is -2.47. The molecule has 0 saturated carbocycles. The van der Waals surface area contributed by atoms with E-state index in [1.165, 1.54) is 0 Å². The van der Waals surface area contributed by atoms with Gasteiger partial charge in [0.1, 0.15) is 11.5 Å². The lowest BCUT2D eigenvalue weighted by Gasteiger charge is -2.33. The van der Waals surface area contributed by atoms with Crippen LogP contribution in [0.15, 0.2) is 103 Å². The zero-order valence-corrected chi connectivity index (χ0v) is 18.6. The van der Waals surface area contributed by atoms with Gasteiger partial charge in [0.25, 0.3) is 5.91 Å². The number of ether oxygens (including phenoxy) is 1. The Balaban J connectivity index is 1.48. The van der Waals surface area contributed by atoms with Crippen LogP contribution in [0.3, 0.4) is 0 Å².